The van der Waals surface area contributed by atoms with E-state index in [0.29, 0.717) is 24.2 Å². The lowest BCUT2D eigenvalue weighted by Gasteiger charge is -2.58. The number of aliphatic hydroxyl groups excluding tert-OH is 1. The molecule has 0 radical (unpaired) electrons. The Balaban J connectivity index is 1.72. The van der Waals surface area contributed by atoms with Gasteiger partial charge in [-0.25, -0.2) is 0 Å². The van der Waals surface area contributed by atoms with Crippen LogP contribution >= 0.6 is 0 Å². The zero-order chi connectivity index (χ0) is 16.6. The van der Waals surface area contributed by atoms with Crippen molar-refractivity contribution in [3.8, 4) is 0 Å². The number of hydrogen-bond donors (Lipinski definition) is 2. The Kier molecular flexibility index (Phi) is 3.15. The zero-order valence-electron chi connectivity index (χ0n) is 14.7. The number of allylic oxidation sites excluding steroid dienone is 1. The van der Waals surface area contributed by atoms with Gasteiger partial charge in [-0.1, -0.05) is 13.8 Å². The van der Waals surface area contributed by atoms with Crippen LogP contribution in [0, 0.1) is 28.6 Å². The van der Waals surface area contributed by atoms with Gasteiger partial charge in [0.05, 0.1) is 5.60 Å². The lowest BCUT2D eigenvalue weighted by atomic mass is 9.46. The molecule has 128 valence electrons. The molecular weight excluding hydrogens is 288 g/mol. The third kappa shape index (κ3) is 1.83. The Hall–Kier alpha value is -0.830. The predicted octanol–water partition coefficient (Wildman–Crippen LogP) is 4.16. The molecule has 0 bridgehead atoms. The number of fused-ring (bicyclic) bond motifs is 5. The van der Waals surface area contributed by atoms with Crippen molar-refractivity contribution in [2.75, 3.05) is 0 Å². The van der Waals surface area contributed by atoms with E-state index in [-0.39, 0.29) is 22.4 Å². The van der Waals surface area contributed by atoms with Gasteiger partial charge in [-0.05, 0) is 86.0 Å². The quantitative estimate of drug-likeness (QED) is 0.705. The number of rotatable bonds is 0. The number of hydrogen-bond acceptors (Lipinski definition) is 3. The minimum atomic E-state index is -0.537. The van der Waals surface area contributed by atoms with Crippen molar-refractivity contribution in [3.63, 3.8) is 0 Å². The number of carbonyl (C=O) groups is 1. The summed E-state index contributed by atoms with van der Waals surface area (Å²) in [6, 6.07) is 0. The molecule has 0 saturated heterocycles. The SMILES string of the molecule is CC1(O)CC[C@H]2[C@@H]3CCC4=C(O)C(=O)CC[C@]4(C)[C@H]3CC[C@@]21C. The second-order valence-corrected chi connectivity index (χ2v) is 9.35. The first-order valence-corrected chi connectivity index (χ1v) is 9.39. The van der Waals surface area contributed by atoms with Crippen molar-refractivity contribution in [2.24, 2.45) is 28.6 Å². The number of aliphatic hydroxyl groups is 2. The Morgan fingerprint density at radius 3 is 2.39 bits per heavy atom. The molecule has 4 aliphatic rings. The maximum absolute atomic E-state index is 11.9. The molecule has 0 aromatic heterocycles. The highest BCUT2D eigenvalue weighted by atomic mass is 16.3. The van der Waals surface area contributed by atoms with Gasteiger partial charge in [0, 0.05) is 6.42 Å². The summed E-state index contributed by atoms with van der Waals surface area (Å²) in [7, 11) is 0. The van der Waals surface area contributed by atoms with Gasteiger partial charge in [0.15, 0.2) is 11.5 Å². The summed E-state index contributed by atoms with van der Waals surface area (Å²) in [4.78, 5) is 11.9. The molecule has 1 unspecified atom stereocenters. The highest BCUT2D eigenvalue weighted by Gasteiger charge is 2.62. The molecule has 4 aliphatic carbocycles. The minimum absolute atomic E-state index is 0.00329. The summed E-state index contributed by atoms with van der Waals surface area (Å²) >= 11 is 0. The molecule has 0 aromatic rings. The van der Waals surface area contributed by atoms with Gasteiger partial charge in [0.1, 0.15) is 0 Å². The van der Waals surface area contributed by atoms with E-state index in [9.17, 15) is 15.0 Å². The standard InChI is InChI=1S/C20H30O3/c1-18-9-8-16(21)17(22)15(18)5-4-12-13(18)6-10-19(2)14(12)7-11-20(19,3)23/h12-14,22-23H,4-11H2,1-3H3/t12-,13+,14+,18-,19+,20?/m1/s1. The first-order chi connectivity index (χ1) is 10.7. The Labute approximate surface area is 139 Å². The second-order valence-electron chi connectivity index (χ2n) is 9.35. The van der Waals surface area contributed by atoms with Crippen LogP contribution in [0.2, 0.25) is 0 Å². The fraction of sp³-hybridized carbons (Fsp3) is 0.850. The summed E-state index contributed by atoms with van der Waals surface area (Å²) < 4.78 is 0. The van der Waals surface area contributed by atoms with E-state index in [1.807, 2.05) is 6.92 Å². The normalized spacial score (nSPS) is 52.9. The van der Waals surface area contributed by atoms with E-state index < -0.39 is 5.60 Å². The van der Waals surface area contributed by atoms with Crippen molar-refractivity contribution in [1.29, 1.82) is 0 Å². The maximum Gasteiger partial charge on any atom is 0.197 e. The zero-order valence-corrected chi connectivity index (χ0v) is 14.7. The third-order valence-electron chi connectivity index (χ3n) is 8.66. The molecule has 0 aliphatic heterocycles. The molecule has 6 atom stereocenters. The maximum atomic E-state index is 11.9. The van der Waals surface area contributed by atoms with E-state index in [2.05, 4.69) is 13.8 Å². The summed E-state index contributed by atoms with van der Waals surface area (Å²) in [5.74, 6) is 1.82. The predicted molar refractivity (Wildman–Crippen MR) is 88.9 cm³/mol. The molecule has 0 amide bonds. The third-order valence-corrected chi connectivity index (χ3v) is 8.66. The van der Waals surface area contributed by atoms with Crippen LogP contribution in [0.5, 0.6) is 0 Å². The van der Waals surface area contributed by atoms with E-state index in [0.717, 1.165) is 50.5 Å². The van der Waals surface area contributed by atoms with Crippen LogP contribution in [0.4, 0.5) is 0 Å². The van der Waals surface area contributed by atoms with Crippen LogP contribution in [0.3, 0.4) is 0 Å². The highest BCUT2D eigenvalue weighted by molar-refractivity contribution is 5.95. The first kappa shape index (κ1) is 15.7. The van der Waals surface area contributed by atoms with Crippen LogP contribution in [-0.4, -0.2) is 21.6 Å². The number of carbonyl (C=O) groups excluding carboxylic acids is 1. The van der Waals surface area contributed by atoms with Crippen molar-refractivity contribution < 1.29 is 15.0 Å². The number of ketones is 1. The van der Waals surface area contributed by atoms with E-state index in [1.165, 1.54) is 0 Å². The fourth-order valence-electron chi connectivity index (χ4n) is 6.93. The van der Waals surface area contributed by atoms with Crippen molar-refractivity contribution in [1.82, 2.24) is 0 Å². The molecule has 0 spiro atoms. The average molecular weight is 318 g/mol. The highest BCUT2D eigenvalue weighted by Crippen LogP contribution is 2.67. The van der Waals surface area contributed by atoms with Gasteiger partial charge in [-0.3, -0.25) is 4.79 Å². The molecule has 3 saturated carbocycles. The molecule has 3 fully saturated rings. The molecule has 4 rings (SSSR count). The Bertz CT molecular complexity index is 590. The summed E-state index contributed by atoms with van der Waals surface area (Å²) in [5.41, 5.74) is 0.544. The van der Waals surface area contributed by atoms with E-state index >= 15 is 0 Å². The van der Waals surface area contributed by atoms with Crippen LogP contribution in [0.25, 0.3) is 0 Å². The van der Waals surface area contributed by atoms with E-state index in [1.54, 1.807) is 0 Å². The molecular formula is C20H30O3. The first-order valence-electron chi connectivity index (χ1n) is 9.39. The Morgan fingerprint density at radius 1 is 0.957 bits per heavy atom. The molecule has 0 aromatic carbocycles. The molecule has 23 heavy (non-hydrogen) atoms. The van der Waals surface area contributed by atoms with Gasteiger partial charge in [-0.15, -0.1) is 0 Å². The van der Waals surface area contributed by atoms with Gasteiger partial charge in [0.2, 0.25) is 0 Å². The minimum Gasteiger partial charge on any atom is -0.504 e. The van der Waals surface area contributed by atoms with E-state index in [4.69, 9.17) is 0 Å². The molecule has 2 N–H and O–H groups in total. The molecule has 3 heteroatoms. The smallest absolute Gasteiger partial charge is 0.197 e. The van der Waals surface area contributed by atoms with Crippen molar-refractivity contribution in [2.45, 2.75) is 77.7 Å². The summed E-state index contributed by atoms with van der Waals surface area (Å²) in [5, 5.41) is 21.3. The lowest BCUT2D eigenvalue weighted by Crippen LogP contribution is -2.54. The largest absolute Gasteiger partial charge is 0.504 e. The molecule has 0 heterocycles. The van der Waals surface area contributed by atoms with Crippen LogP contribution in [0.15, 0.2) is 11.3 Å². The molecule has 3 nitrogen and oxygen atoms in total. The van der Waals surface area contributed by atoms with Crippen LogP contribution < -0.4 is 0 Å². The van der Waals surface area contributed by atoms with Crippen LogP contribution in [-0.2, 0) is 4.79 Å². The topological polar surface area (TPSA) is 57.5 Å². The van der Waals surface area contributed by atoms with Crippen LogP contribution in [0.1, 0.15) is 72.1 Å². The van der Waals surface area contributed by atoms with Gasteiger partial charge in [0.25, 0.3) is 0 Å². The average Bonchev–Trinajstić information content (AvgIpc) is 2.74. The number of Topliss-reactive ketones (excluding diaryl/α,β-unsaturated/α-hetero) is 1. The van der Waals surface area contributed by atoms with Gasteiger partial charge >= 0.3 is 0 Å². The van der Waals surface area contributed by atoms with Gasteiger partial charge < -0.3 is 10.2 Å². The monoisotopic (exact) mass is 318 g/mol. The Morgan fingerprint density at radius 2 is 1.65 bits per heavy atom. The van der Waals surface area contributed by atoms with Crippen molar-refractivity contribution >= 4 is 5.78 Å². The second kappa shape index (κ2) is 4.62. The van der Waals surface area contributed by atoms with Crippen molar-refractivity contribution in [3.05, 3.63) is 11.3 Å². The lowest BCUT2D eigenvalue weighted by molar-refractivity contribution is -0.127. The summed E-state index contributed by atoms with van der Waals surface area (Å²) in [6.07, 6.45) is 7.57. The van der Waals surface area contributed by atoms with Gasteiger partial charge in [-0.2, -0.15) is 0 Å². The summed E-state index contributed by atoms with van der Waals surface area (Å²) in [6.45, 7) is 6.63. The fourth-order valence-corrected chi connectivity index (χ4v) is 6.93.